The largest absolute Gasteiger partial charge is 0.379 e. The third-order valence-corrected chi connectivity index (χ3v) is 3.43. The first-order valence-corrected chi connectivity index (χ1v) is 6.05. The molecule has 2 rings (SSSR count). The molecule has 1 fully saturated rings. The van der Waals surface area contributed by atoms with Gasteiger partial charge >= 0.3 is 0 Å². The molecule has 0 aliphatic carbocycles. The van der Waals surface area contributed by atoms with E-state index in [0.717, 1.165) is 31.0 Å². The van der Waals surface area contributed by atoms with Crippen LogP contribution in [0.15, 0.2) is 12.1 Å². The molecule has 0 spiro atoms. The average Bonchev–Trinajstić information content (AvgIpc) is 2.39. The van der Waals surface area contributed by atoms with Gasteiger partial charge in [-0.15, -0.1) is 5.10 Å². The van der Waals surface area contributed by atoms with Gasteiger partial charge in [-0.25, -0.2) is 0 Å². The van der Waals surface area contributed by atoms with Crippen molar-refractivity contribution in [2.45, 2.75) is 26.0 Å². The third kappa shape index (κ3) is 2.73. The Morgan fingerprint density at radius 1 is 1.47 bits per heavy atom. The van der Waals surface area contributed by atoms with Gasteiger partial charge in [-0.05, 0) is 24.5 Å². The molecule has 0 aromatic carbocycles. The smallest absolute Gasteiger partial charge is 0.151 e. The van der Waals surface area contributed by atoms with Crippen LogP contribution < -0.4 is 10.6 Å². The van der Waals surface area contributed by atoms with Gasteiger partial charge < -0.3 is 15.4 Å². The summed E-state index contributed by atoms with van der Waals surface area (Å²) >= 11 is 0. The minimum absolute atomic E-state index is 0.278. The van der Waals surface area contributed by atoms with Crippen LogP contribution in [0.25, 0.3) is 0 Å². The molecule has 94 valence electrons. The topological polar surface area (TPSA) is 64.3 Å². The van der Waals surface area contributed by atoms with E-state index in [0.29, 0.717) is 12.5 Å². The Labute approximate surface area is 102 Å². The molecule has 2 unspecified atom stereocenters. The summed E-state index contributed by atoms with van der Waals surface area (Å²) in [7, 11) is 1.77. The van der Waals surface area contributed by atoms with Gasteiger partial charge in [-0.2, -0.15) is 5.10 Å². The molecule has 0 radical (unpaired) electrons. The van der Waals surface area contributed by atoms with E-state index < -0.39 is 0 Å². The van der Waals surface area contributed by atoms with Crippen LogP contribution in [0.1, 0.15) is 19.0 Å². The summed E-state index contributed by atoms with van der Waals surface area (Å²) in [6.07, 6.45) is 1.40. The van der Waals surface area contributed by atoms with E-state index in [2.05, 4.69) is 22.0 Å². The first-order valence-electron chi connectivity index (χ1n) is 6.05. The Hall–Kier alpha value is -1.20. The second-order valence-electron chi connectivity index (χ2n) is 4.57. The molecule has 1 aliphatic heterocycles. The second kappa shape index (κ2) is 5.42. The molecule has 2 atom stereocenters. The third-order valence-electron chi connectivity index (χ3n) is 3.43. The molecule has 1 aromatic heterocycles. The van der Waals surface area contributed by atoms with Crippen molar-refractivity contribution in [2.24, 2.45) is 11.7 Å². The van der Waals surface area contributed by atoms with Crippen LogP contribution in [0.4, 0.5) is 5.82 Å². The Morgan fingerprint density at radius 3 is 2.88 bits per heavy atom. The SMILES string of the molecule is COC1CN(c2ccc(CN)nn2)CCC1C. The Morgan fingerprint density at radius 2 is 2.29 bits per heavy atom. The summed E-state index contributed by atoms with van der Waals surface area (Å²) < 4.78 is 5.49. The number of nitrogens with zero attached hydrogens (tertiary/aromatic N) is 3. The van der Waals surface area contributed by atoms with E-state index in [4.69, 9.17) is 10.5 Å². The van der Waals surface area contributed by atoms with Gasteiger partial charge in [0.25, 0.3) is 0 Å². The fourth-order valence-electron chi connectivity index (χ4n) is 2.18. The van der Waals surface area contributed by atoms with E-state index in [1.165, 1.54) is 0 Å². The molecule has 0 saturated carbocycles. The quantitative estimate of drug-likeness (QED) is 0.841. The molecule has 17 heavy (non-hydrogen) atoms. The minimum Gasteiger partial charge on any atom is -0.379 e. The van der Waals surface area contributed by atoms with Gasteiger partial charge in [0.1, 0.15) is 0 Å². The molecule has 2 heterocycles. The molecular weight excluding hydrogens is 216 g/mol. The molecular formula is C12H20N4O. The lowest BCUT2D eigenvalue weighted by atomic mass is 9.96. The maximum atomic E-state index is 5.50. The Balaban J connectivity index is 2.06. The molecule has 0 amide bonds. The van der Waals surface area contributed by atoms with E-state index in [1.54, 1.807) is 7.11 Å². The van der Waals surface area contributed by atoms with Crippen molar-refractivity contribution in [1.82, 2.24) is 10.2 Å². The number of hydrogen-bond acceptors (Lipinski definition) is 5. The Kier molecular flexibility index (Phi) is 3.91. The minimum atomic E-state index is 0.278. The summed E-state index contributed by atoms with van der Waals surface area (Å²) in [6.45, 7) is 4.56. The summed E-state index contributed by atoms with van der Waals surface area (Å²) in [4.78, 5) is 2.22. The van der Waals surface area contributed by atoms with Crippen molar-refractivity contribution >= 4 is 5.82 Å². The summed E-state index contributed by atoms with van der Waals surface area (Å²) in [6, 6.07) is 3.92. The van der Waals surface area contributed by atoms with Crippen molar-refractivity contribution in [3.8, 4) is 0 Å². The van der Waals surface area contributed by atoms with E-state index in [-0.39, 0.29) is 6.10 Å². The highest BCUT2D eigenvalue weighted by Crippen LogP contribution is 2.22. The zero-order chi connectivity index (χ0) is 12.3. The summed E-state index contributed by atoms with van der Waals surface area (Å²) in [5, 5.41) is 8.29. The molecule has 5 heteroatoms. The predicted molar refractivity (Wildman–Crippen MR) is 66.7 cm³/mol. The lowest BCUT2D eigenvalue weighted by Crippen LogP contribution is -2.44. The standard InChI is InChI=1S/C12H20N4O/c1-9-5-6-16(8-11(9)17-2)12-4-3-10(7-13)14-15-12/h3-4,9,11H,5-8,13H2,1-2H3. The predicted octanol–water partition coefficient (Wildman–Crippen LogP) is 0.796. The first-order chi connectivity index (χ1) is 8.24. The van der Waals surface area contributed by atoms with Gasteiger partial charge in [0.05, 0.1) is 11.8 Å². The lowest BCUT2D eigenvalue weighted by Gasteiger charge is -2.36. The zero-order valence-electron chi connectivity index (χ0n) is 10.5. The van der Waals surface area contributed by atoms with Crippen molar-refractivity contribution in [3.05, 3.63) is 17.8 Å². The van der Waals surface area contributed by atoms with Crippen molar-refractivity contribution in [2.75, 3.05) is 25.1 Å². The van der Waals surface area contributed by atoms with Gasteiger partial charge in [-0.3, -0.25) is 0 Å². The number of methoxy groups -OCH3 is 1. The fourth-order valence-corrected chi connectivity index (χ4v) is 2.18. The highest BCUT2D eigenvalue weighted by molar-refractivity contribution is 5.38. The normalized spacial score (nSPS) is 25.0. The lowest BCUT2D eigenvalue weighted by molar-refractivity contribution is 0.0496. The maximum Gasteiger partial charge on any atom is 0.151 e. The number of anilines is 1. The Bertz CT molecular complexity index is 354. The number of ether oxygens (including phenoxy) is 1. The molecule has 1 saturated heterocycles. The number of piperidine rings is 1. The van der Waals surface area contributed by atoms with Crippen LogP contribution in [-0.4, -0.2) is 36.5 Å². The van der Waals surface area contributed by atoms with Gasteiger partial charge in [-0.1, -0.05) is 6.92 Å². The highest BCUT2D eigenvalue weighted by Gasteiger charge is 2.26. The number of aromatic nitrogens is 2. The molecule has 2 N–H and O–H groups in total. The number of rotatable bonds is 3. The molecule has 0 bridgehead atoms. The monoisotopic (exact) mass is 236 g/mol. The summed E-state index contributed by atoms with van der Waals surface area (Å²) in [5.41, 5.74) is 6.33. The fraction of sp³-hybridized carbons (Fsp3) is 0.667. The van der Waals surface area contributed by atoms with Crippen molar-refractivity contribution in [1.29, 1.82) is 0 Å². The second-order valence-corrected chi connectivity index (χ2v) is 4.57. The number of nitrogens with two attached hydrogens (primary N) is 1. The van der Waals surface area contributed by atoms with E-state index >= 15 is 0 Å². The number of hydrogen-bond donors (Lipinski definition) is 1. The van der Waals surface area contributed by atoms with Crippen molar-refractivity contribution in [3.63, 3.8) is 0 Å². The van der Waals surface area contributed by atoms with Crippen molar-refractivity contribution < 1.29 is 4.74 Å². The van der Waals surface area contributed by atoms with Crippen LogP contribution >= 0.6 is 0 Å². The van der Waals surface area contributed by atoms with E-state index in [9.17, 15) is 0 Å². The van der Waals surface area contributed by atoms with Crippen LogP contribution in [0.2, 0.25) is 0 Å². The first kappa shape index (κ1) is 12.3. The average molecular weight is 236 g/mol. The van der Waals surface area contributed by atoms with Crippen LogP contribution in [0.5, 0.6) is 0 Å². The highest BCUT2D eigenvalue weighted by atomic mass is 16.5. The van der Waals surface area contributed by atoms with Crippen LogP contribution in [-0.2, 0) is 11.3 Å². The maximum absolute atomic E-state index is 5.50. The van der Waals surface area contributed by atoms with Gasteiger partial charge in [0.15, 0.2) is 5.82 Å². The van der Waals surface area contributed by atoms with Crippen LogP contribution in [0, 0.1) is 5.92 Å². The van der Waals surface area contributed by atoms with Gasteiger partial charge in [0.2, 0.25) is 0 Å². The molecule has 5 nitrogen and oxygen atoms in total. The molecule has 1 aliphatic rings. The van der Waals surface area contributed by atoms with E-state index in [1.807, 2.05) is 12.1 Å². The van der Waals surface area contributed by atoms with Gasteiger partial charge in [0, 0.05) is 26.7 Å². The van der Waals surface area contributed by atoms with Crippen LogP contribution in [0.3, 0.4) is 0 Å². The zero-order valence-corrected chi connectivity index (χ0v) is 10.5. The molecule has 1 aromatic rings. The summed E-state index contributed by atoms with van der Waals surface area (Å²) in [5.74, 6) is 1.52.